The second-order valence-electron chi connectivity index (χ2n) is 8.68. The van der Waals surface area contributed by atoms with Crippen molar-refractivity contribution in [3.63, 3.8) is 0 Å². The number of carbonyl (C=O) groups is 1. The molecule has 5 rings (SSSR count). The van der Waals surface area contributed by atoms with Gasteiger partial charge in [0.15, 0.2) is 12.4 Å². The van der Waals surface area contributed by atoms with Crippen LogP contribution in [0.15, 0.2) is 94.8 Å². The Bertz CT molecular complexity index is 1810. The highest BCUT2D eigenvalue weighted by Crippen LogP contribution is 2.32. The number of fused-ring (bicyclic) bond motifs is 2. The van der Waals surface area contributed by atoms with Crippen LogP contribution in [-0.2, 0) is 15.7 Å². The average molecular weight is 546 g/mol. The zero-order valence-electron chi connectivity index (χ0n) is 21.2. The molecule has 0 aliphatic rings. The van der Waals surface area contributed by atoms with Crippen molar-refractivity contribution in [1.29, 1.82) is 0 Å². The van der Waals surface area contributed by atoms with Crippen LogP contribution >= 0.6 is 0 Å². The number of nitrogens with zero attached hydrogens (tertiary/aromatic N) is 3. The van der Waals surface area contributed by atoms with Crippen molar-refractivity contribution >= 4 is 33.9 Å². The fourth-order valence-corrected chi connectivity index (χ4v) is 4.24. The van der Waals surface area contributed by atoms with Gasteiger partial charge in [-0.2, -0.15) is 22.9 Å². The van der Waals surface area contributed by atoms with Crippen LogP contribution in [0.25, 0.3) is 33.1 Å². The predicted molar refractivity (Wildman–Crippen MR) is 146 cm³/mol. The van der Waals surface area contributed by atoms with Crippen LogP contribution in [0.1, 0.15) is 18.1 Å². The van der Waals surface area contributed by atoms with E-state index in [1.165, 1.54) is 18.3 Å². The summed E-state index contributed by atoms with van der Waals surface area (Å²) in [7, 11) is 0. The van der Waals surface area contributed by atoms with E-state index in [9.17, 15) is 22.8 Å². The van der Waals surface area contributed by atoms with Gasteiger partial charge in [-0.1, -0.05) is 54.6 Å². The first-order valence-electron chi connectivity index (χ1n) is 12.3. The number of carbonyl (C=O) groups excluding carboxylic acids is 1. The van der Waals surface area contributed by atoms with Crippen LogP contribution in [0.2, 0.25) is 0 Å². The topological polar surface area (TPSA) is 82.8 Å². The molecule has 10 heteroatoms. The SMILES string of the molecule is CCOC(=O)COc1ccc2ccccc2c1C=Nn1c(-c2cccc(C(F)(F)F)c2)nc2ccccc2c1=O. The highest BCUT2D eigenvalue weighted by atomic mass is 19.4. The second-order valence-corrected chi connectivity index (χ2v) is 8.68. The van der Waals surface area contributed by atoms with E-state index in [-0.39, 0.29) is 30.0 Å². The maximum Gasteiger partial charge on any atom is 0.416 e. The van der Waals surface area contributed by atoms with E-state index in [0.717, 1.165) is 27.6 Å². The van der Waals surface area contributed by atoms with E-state index >= 15 is 0 Å². The van der Waals surface area contributed by atoms with E-state index in [2.05, 4.69) is 10.1 Å². The molecule has 0 saturated heterocycles. The Balaban J connectivity index is 1.69. The van der Waals surface area contributed by atoms with Crippen molar-refractivity contribution in [2.45, 2.75) is 13.1 Å². The quantitative estimate of drug-likeness (QED) is 0.183. The molecule has 1 heterocycles. The van der Waals surface area contributed by atoms with Gasteiger partial charge in [-0.25, -0.2) is 9.78 Å². The summed E-state index contributed by atoms with van der Waals surface area (Å²) in [5, 5.41) is 6.21. The minimum absolute atomic E-state index is 0.0616. The van der Waals surface area contributed by atoms with Gasteiger partial charge in [0.25, 0.3) is 5.56 Å². The van der Waals surface area contributed by atoms with Crippen molar-refractivity contribution in [3.8, 4) is 17.1 Å². The number of ether oxygens (including phenoxy) is 2. The number of hydrogen-bond acceptors (Lipinski definition) is 6. The third-order valence-electron chi connectivity index (χ3n) is 6.09. The Kier molecular flexibility index (Phi) is 7.33. The molecular weight excluding hydrogens is 523 g/mol. The minimum Gasteiger partial charge on any atom is -0.481 e. The molecule has 0 bridgehead atoms. The Hall–Kier alpha value is -4.99. The molecule has 0 spiro atoms. The van der Waals surface area contributed by atoms with E-state index < -0.39 is 23.3 Å². The Morgan fingerprint density at radius 1 is 0.975 bits per heavy atom. The largest absolute Gasteiger partial charge is 0.481 e. The second kappa shape index (κ2) is 11.0. The number of alkyl halides is 3. The lowest BCUT2D eigenvalue weighted by atomic mass is 10.0. The summed E-state index contributed by atoms with van der Waals surface area (Å²) in [6.07, 6.45) is -3.22. The van der Waals surface area contributed by atoms with Crippen molar-refractivity contribution in [2.24, 2.45) is 5.10 Å². The Labute approximate surface area is 226 Å². The van der Waals surface area contributed by atoms with Gasteiger partial charge in [0.05, 0.1) is 29.3 Å². The molecule has 7 nitrogen and oxygen atoms in total. The lowest BCUT2D eigenvalue weighted by Gasteiger charge is -2.13. The van der Waals surface area contributed by atoms with Crippen LogP contribution in [0, 0.1) is 0 Å². The molecular formula is C30H22F3N3O4. The summed E-state index contributed by atoms with van der Waals surface area (Å²) in [5.41, 5.74) is -0.617. The van der Waals surface area contributed by atoms with Gasteiger partial charge in [0.2, 0.25) is 0 Å². The summed E-state index contributed by atoms with van der Waals surface area (Å²) in [4.78, 5) is 30.0. The zero-order valence-corrected chi connectivity index (χ0v) is 21.2. The Morgan fingerprint density at radius 2 is 1.73 bits per heavy atom. The normalized spacial score (nSPS) is 11.8. The standard InChI is InChI=1S/C30H22F3N3O4/c1-2-39-27(37)18-40-26-15-14-19-8-3-4-11-22(19)24(26)17-34-36-28(20-9-7-10-21(16-20)30(31,32)33)35-25-13-6-5-12-23(25)29(36)38/h3-17H,2,18H2,1H3. The monoisotopic (exact) mass is 545 g/mol. The molecule has 4 aromatic carbocycles. The first-order chi connectivity index (χ1) is 19.3. The highest BCUT2D eigenvalue weighted by Gasteiger charge is 2.31. The fraction of sp³-hybridized carbons (Fsp3) is 0.133. The summed E-state index contributed by atoms with van der Waals surface area (Å²) in [6.45, 7) is 1.54. The molecule has 0 N–H and O–H groups in total. The average Bonchev–Trinajstić information content (AvgIpc) is 2.95. The Morgan fingerprint density at radius 3 is 2.50 bits per heavy atom. The van der Waals surface area contributed by atoms with Gasteiger partial charge >= 0.3 is 12.1 Å². The number of aromatic nitrogens is 2. The van der Waals surface area contributed by atoms with Crippen molar-refractivity contribution in [2.75, 3.05) is 13.2 Å². The lowest BCUT2D eigenvalue weighted by molar-refractivity contribution is -0.145. The summed E-state index contributed by atoms with van der Waals surface area (Å²) in [5.74, 6) is -0.321. The summed E-state index contributed by atoms with van der Waals surface area (Å²) < 4.78 is 52.1. The maximum absolute atomic E-state index is 13.6. The van der Waals surface area contributed by atoms with E-state index in [0.29, 0.717) is 16.8 Å². The number of hydrogen-bond donors (Lipinski definition) is 0. The van der Waals surface area contributed by atoms with Crippen LogP contribution in [0.5, 0.6) is 5.75 Å². The zero-order chi connectivity index (χ0) is 28.3. The predicted octanol–water partition coefficient (Wildman–Crippen LogP) is 6.06. The van der Waals surface area contributed by atoms with Crippen molar-refractivity contribution in [3.05, 3.63) is 106 Å². The molecule has 0 aliphatic carbocycles. The molecule has 0 atom stereocenters. The fourth-order valence-electron chi connectivity index (χ4n) is 4.24. The molecule has 202 valence electrons. The number of benzene rings is 4. The van der Waals surface area contributed by atoms with E-state index in [1.54, 1.807) is 37.3 Å². The first-order valence-corrected chi connectivity index (χ1v) is 12.3. The minimum atomic E-state index is -4.59. The van der Waals surface area contributed by atoms with Crippen molar-refractivity contribution in [1.82, 2.24) is 9.66 Å². The first kappa shape index (κ1) is 26.6. The number of para-hydroxylation sites is 1. The van der Waals surface area contributed by atoms with Crippen LogP contribution in [-0.4, -0.2) is 35.1 Å². The van der Waals surface area contributed by atoms with Crippen LogP contribution in [0.3, 0.4) is 0 Å². The van der Waals surface area contributed by atoms with Gasteiger partial charge in [-0.15, -0.1) is 0 Å². The molecule has 40 heavy (non-hydrogen) atoms. The molecule has 0 radical (unpaired) electrons. The van der Waals surface area contributed by atoms with E-state index in [1.807, 2.05) is 30.3 Å². The molecule has 0 fully saturated rings. The van der Waals surface area contributed by atoms with Gasteiger partial charge in [-0.05, 0) is 48.0 Å². The van der Waals surface area contributed by atoms with Gasteiger partial charge in [-0.3, -0.25) is 4.79 Å². The van der Waals surface area contributed by atoms with Gasteiger partial charge in [0, 0.05) is 11.1 Å². The lowest BCUT2D eigenvalue weighted by Crippen LogP contribution is -2.20. The molecule has 0 unspecified atom stereocenters. The van der Waals surface area contributed by atoms with Gasteiger partial charge in [0.1, 0.15) is 5.75 Å². The molecule has 0 amide bonds. The van der Waals surface area contributed by atoms with Crippen LogP contribution in [0.4, 0.5) is 13.2 Å². The molecule has 1 aromatic heterocycles. The van der Waals surface area contributed by atoms with E-state index in [4.69, 9.17) is 9.47 Å². The maximum atomic E-state index is 13.6. The smallest absolute Gasteiger partial charge is 0.416 e. The molecule has 0 saturated carbocycles. The van der Waals surface area contributed by atoms with Gasteiger partial charge < -0.3 is 9.47 Å². The highest BCUT2D eigenvalue weighted by molar-refractivity contribution is 6.02. The third-order valence-corrected chi connectivity index (χ3v) is 6.09. The van der Waals surface area contributed by atoms with Crippen molar-refractivity contribution < 1.29 is 27.4 Å². The number of rotatable bonds is 7. The number of esters is 1. The number of halogens is 3. The summed E-state index contributed by atoms with van der Waals surface area (Å²) >= 11 is 0. The molecule has 0 aliphatic heterocycles. The third kappa shape index (κ3) is 5.42. The summed E-state index contributed by atoms with van der Waals surface area (Å²) in [6, 6.07) is 21.9. The molecule has 5 aromatic rings. The van der Waals surface area contributed by atoms with Crippen LogP contribution < -0.4 is 10.3 Å².